The van der Waals surface area contributed by atoms with E-state index in [0.717, 1.165) is 18.5 Å². The maximum Gasteiger partial charge on any atom is 0.0737 e. The van der Waals surface area contributed by atoms with Crippen molar-refractivity contribution in [1.82, 2.24) is 9.99 Å². The smallest absolute Gasteiger partial charge is 0.0737 e. The van der Waals surface area contributed by atoms with Gasteiger partial charge in [-0.05, 0) is 44.0 Å². The van der Waals surface area contributed by atoms with E-state index in [-0.39, 0.29) is 5.54 Å². The van der Waals surface area contributed by atoms with Crippen LogP contribution in [0, 0.1) is 0 Å². The van der Waals surface area contributed by atoms with Crippen LogP contribution in [0.25, 0.3) is 21.8 Å². The molecule has 2 aromatic carbocycles. The molecule has 0 saturated heterocycles. The van der Waals surface area contributed by atoms with Crippen molar-refractivity contribution in [2.45, 2.75) is 32.4 Å². The first-order valence-corrected chi connectivity index (χ1v) is 8.86. The van der Waals surface area contributed by atoms with Gasteiger partial charge in [0.25, 0.3) is 0 Å². The lowest BCUT2D eigenvalue weighted by atomic mass is 9.95. The topological polar surface area (TPSA) is 29.3 Å². The molecule has 0 radical (unpaired) electrons. The molecule has 0 fully saturated rings. The van der Waals surface area contributed by atoms with Crippen LogP contribution in [0.15, 0.2) is 71.9 Å². The van der Waals surface area contributed by atoms with E-state index < -0.39 is 0 Å². The SMILES string of the molecule is CCn1c2ccccc2c2cc(C=NNC3(C)C=CC=CC3)ccc21. The Bertz CT molecular complexity index is 1010. The molecule has 3 aromatic rings. The average Bonchev–Trinajstić information content (AvgIpc) is 2.95. The number of fused-ring (bicyclic) bond motifs is 3. The van der Waals surface area contributed by atoms with Crippen LogP contribution in [0.1, 0.15) is 25.8 Å². The van der Waals surface area contributed by atoms with E-state index in [9.17, 15) is 0 Å². The van der Waals surface area contributed by atoms with Crippen molar-refractivity contribution < 1.29 is 0 Å². The minimum Gasteiger partial charge on any atom is -0.341 e. The molecule has 0 aliphatic heterocycles. The molecule has 4 rings (SSSR count). The van der Waals surface area contributed by atoms with E-state index in [4.69, 9.17) is 0 Å². The quantitative estimate of drug-likeness (QED) is 0.529. The largest absolute Gasteiger partial charge is 0.341 e. The van der Waals surface area contributed by atoms with E-state index in [2.05, 4.69) is 95.7 Å². The van der Waals surface area contributed by atoms with Gasteiger partial charge in [0.1, 0.15) is 0 Å². The molecule has 0 saturated carbocycles. The summed E-state index contributed by atoms with van der Waals surface area (Å²) in [6.07, 6.45) is 11.3. The molecule has 0 bridgehead atoms. The maximum atomic E-state index is 4.48. The molecule has 0 amide bonds. The number of benzene rings is 2. The molecule has 25 heavy (non-hydrogen) atoms. The third kappa shape index (κ3) is 2.86. The summed E-state index contributed by atoms with van der Waals surface area (Å²) in [5.41, 5.74) is 6.85. The van der Waals surface area contributed by atoms with Gasteiger partial charge in [0, 0.05) is 28.4 Å². The van der Waals surface area contributed by atoms with Gasteiger partial charge in [0.2, 0.25) is 0 Å². The first-order valence-electron chi connectivity index (χ1n) is 8.86. The Balaban J connectivity index is 1.67. The second kappa shape index (κ2) is 6.25. The van der Waals surface area contributed by atoms with Crippen LogP contribution in [0.2, 0.25) is 0 Å². The van der Waals surface area contributed by atoms with Crippen molar-refractivity contribution in [3.8, 4) is 0 Å². The van der Waals surface area contributed by atoms with E-state index >= 15 is 0 Å². The molecule has 1 unspecified atom stereocenters. The van der Waals surface area contributed by atoms with E-state index in [0.29, 0.717) is 0 Å². The van der Waals surface area contributed by atoms with Gasteiger partial charge in [0.05, 0.1) is 11.8 Å². The van der Waals surface area contributed by atoms with Crippen molar-refractivity contribution in [1.29, 1.82) is 0 Å². The summed E-state index contributed by atoms with van der Waals surface area (Å²) in [4.78, 5) is 0. The Labute approximate surface area is 148 Å². The molecule has 3 nitrogen and oxygen atoms in total. The summed E-state index contributed by atoms with van der Waals surface area (Å²) in [6, 6.07) is 15.2. The summed E-state index contributed by atoms with van der Waals surface area (Å²) in [5.74, 6) is 0. The number of nitrogens with one attached hydrogen (secondary N) is 1. The molecule has 1 aliphatic carbocycles. The standard InChI is InChI=1S/C22H23N3/c1-3-25-20-10-6-5-9-18(20)19-15-17(11-12-21(19)25)16-23-24-22(2)13-7-4-8-14-22/h4-13,15-16,24H,3,14H2,1-2H3. The zero-order valence-electron chi connectivity index (χ0n) is 14.7. The number of para-hydroxylation sites is 1. The van der Waals surface area contributed by atoms with Crippen LogP contribution in [0.3, 0.4) is 0 Å². The zero-order valence-corrected chi connectivity index (χ0v) is 14.7. The second-order valence-corrected chi connectivity index (χ2v) is 6.82. The van der Waals surface area contributed by atoms with Gasteiger partial charge in [-0.15, -0.1) is 0 Å². The van der Waals surface area contributed by atoms with Crippen molar-refractivity contribution in [3.63, 3.8) is 0 Å². The Kier molecular flexibility index (Phi) is 3.92. The molecular weight excluding hydrogens is 306 g/mol. The van der Waals surface area contributed by atoms with Gasteiger partial charge in [-0.25, -0.2) is 0 Å². The molecular formula is C22H23N3. The number of nitrogens with zero attached hydrogens (tertiary/aromatic N) is 2. The fourth-order valence-corrected chi connectivity index (χ4v) is 3.56. The van der Waals surface area contributed by atoms with Crippen LogP contribution in [0.4, 0.5) is 0 Å². The molecule has 1 N–H and O–H groups in total. The van der Waals surface area contributed by atoms with E-state index in [1.807, 2.05) is 6.21 Å². The number of allylic oxidation sites excluding steroid dienone is 2. The highest BCUT2D eigenvalue weighted by Gasteiger charge is 2.19. The average molecular weight is 329 g/mol. The van der Waals surface area contributed by atoms with Crippen molar-refractivity contribution in [2.75, 3.05) is 0 Å². The fourth-order valence-electron chi connectivity index (χ4n) is 3.56. The molecule has 0 spiro atoms. The minimum absolute atomic E-state index is 0.104. The molecule has 1 atom stereocenters. The lowest BCUT2D eigenvalue weighted by molar-refractivity contribution is 0.454. The third-order valence-electron chi connectivity index (χ3n) is 4.90. The minimum atomic E-state index is -0.104. The summed E-state index contributed by atoms with van der Waals surface area (Å²) in [7, 11) is 0. The van der Waals surface area contributed by atoms with Crippen LogP contribution < -0.4 is 5.43 Å². The summed E-state index contributed by atoms with van der Waals surface area (Å²) < 4.78 is 2.37. The molecule has 1 heterocycles. The lowest BCUT2D eigenvalue weighted by Crippen LogP contribution is -2.37. The molecule has 126 valence electrons. The van der Waals surface area contributed by atoms with Crippen LogP contribution in [0.5, 0.6) is 0 Å². The zero-order chi connectivity index (χ0) is 17.3. The first kappa shape index (κ1) is 15.7. The van der Waals surface area contributed by atoms with Gasteiger partial charge in [0.15, 0.2) is 0 Å². The highest BCUT2D eigenvalue weighted by molar-refractivity contribution is 6.09. The van der Waals surface area contributed by atoms with Crippen molar-refractivity contribution in [3.05, 3.63) is 72.3 Å². The monoisotopic (exact) mass is 329 g/mol. The predicted octanol–water partition coefficient (Wildman–Crippen LogP) is 5.01. The van der Waals surface area contributed by atoms with Gasteiger partial charge < -0.3 is 9.99 Å². The number of rotatable bonds is 4. The normalized spacial score (nSPS) is 20.1. The van der Waals surface area contributed by atoms with Gasteiger partial charge in [-0.2, -0.15) is 5.10 Å². The summed E-state index contributed by atoms with van der Waals surface area (Å²) >= 11 is 0. The van der Waals surface area contributed by atoms with Crippen LogP contribution >= 0.6 is 0 Å². The highest BCUT2D eigenvalue weighted by Crippen LogP contribution is 2.29. The number of hydrazone groups is 1. The van der Waals surface area contributed by atoms with Gasteiger partial charge in [-0.1, -0.05) is 48.6 Å². The van der Waals surface area contributed by atoms with Crippen molar-refractivity contribution in [2.24, 2.45) is 5.10 Å². The number of hydrogen-bond donors (Lipinski definition) is 1. The Hall–Kier alpha value is -2.81. The Morgan fingerprint density at radius 1 is 1.12 bits per heavy atom. The van der Waals surface area contributed by atoms with Crippen LogP contribution in [-0.4, -0.2) is 16.3 Å². The third-order valence-corrected chi connectivity index (χ3v) is 4.90. The highest BCUT2D eigenvalue weighted by atomic mass is 15.3. The predicted molar refractivity (Wildman–Crippen MR) is 107 cm³/mol. The molecule has 1 aromatic heterocycles. The summed E-state index contributed by atoms with van der Waals surface area (Å²) in [5, 5.41) is 7.07. The van der Waals surface area contributed by atoms with Crippen molar-refractivity contribution >= 4 is 28.0 Å². The maximum absolute atomic E-state index is 4.48. The fraction of sp³-hybridized carbons (Fsp3) is 0.227. The number of aryl methyl sites for hydroxylation is 1. The second-order valence-electron chi connectivity index (χ2n) is 6.82. The summed E-state index contributed by atoms with van der Waals surface area (Å²) in [6.45, 7) is 5.32. The lowest BCUT2D eigenvalue weighted by Gasteiger charge is -2.25. The Morgan fingerprint density at radius 3 is 2.76 bits per heavy atom. The number of hydrogen-bond acceptors (Lipinski definition) is 2. The van der Waals surface area contributed by atoms with Crippen LogP contribution in [-0.2, 0) is 6.54 Å². The first-order chi connectivity index (χ1) is 12.2. The Morgan fingerprint density at radius 2 is 1.96 bits per heavy atom. The van der Waals surface area contributed by atoms with Gasteiger partial charge >= 0.3 is 0 Å². The van der Waals surface area contributed by atoms with E-state index in [1.54, 1.807) is 0 Å². The number of aromatic nitrogens is 1. The molecule has 1 aliphatic rings. The molecule has 3 heteroatoms. The van der Waals surface area contributed by atoms with E-state index in [1.165, 1.54) is 21.8 Å². The van der Waals surface area contributed by atoms with Gasteiger partial charge in [-0.3, -0.25) is 0 Å².